The first kappa shape index (κ1) is 18.7. The van der Waals surface area contributed by atoms with E-state index in [0.29, 0.717) is 6.07 Å². The molecule has 0 aliphatic carbocycles. The summed E-state index contributed by atoms with van der Waals surface area (Å²) in [7, 11) is 0. The predicted octanol–water partition coefficient (Wildman–Crippen LogP) is 4.65. The van der Waals surface area contributed by atoms with Crippen LogP contribution in [0.1, 0.15) is 5.56 Å². The number of nitrogens with two attached hydrogens (primary N) is 1. The normalized spacial score (nSPS) is 11.9. The summed E-state index contributed by atoms with van der Waals surface area (Å²) in [5, 5.41) is 9.55. The lowest BCUT2D eigenvalue weighted by Gasteiger charge is -2.16. The average Bonchev–Trinajstić information content (AvgIpc) is 3.13. The van der Waals surface area contributed by atoms with Gasteiger partial charge < -0.3 is 10.8 Å². The van der Waals surface area contributed by atoms with E-state index in [9.17, 15) is 27.1 Å². The molecule has 3 N–H and O–H groups in total. The van der Waals surface area contributed by atoms with Crippen LogP contribution in [0.5, 0.6) is 5.75 Å². The van der Waals surface area contributed by atoms with Crippen molar-refractivity contribution in [2.45, 2.75) is 6.18 Å². The molecule has 0 aliphatic heterocycles. The summed E-state index contributed by atoms with van der Waals surface area (Å²) in [6, 6.07) is 6.51. The lowest BCUT2D eigenvalue weighted by Crippen LogP contribution is -2.08. The number of rotatable bonds is 2. The number of benzene rings is 2. The van der Waals surface area contributed by atoms with Crippen LogP contribution in [0.3, 0.4) is 0 Å². The number of imidazole rings is 1. The molecule has 0 aliphatic rings. The molecule has 0 saturated carbocycles. The monoisotopic (exact) mass is 406 g/mol. The van der Waals surface area contributed by atoms with Crippen LogP contribution in [0.2, 0.25) is 0 Å². The predicted molar refractivity (Wildman–Crippen MR) is 94.9 cm³/mol. The number of anilines is 1. The Labute approximate surface area is 159 Å². The number of hydrogen-bond donors (Lipinski definition) is 2. The first-order chi connectivity index (χ1) is 13.7. The highest BCUT2D eigenvalue weighted by atomic mass is 19.4. The van der Waals surface area contributed by atoms with E-state index in [-0.39, 0.29) is 34.0 Å². The van der Waals surface area contributed by atoms with Crippen LogP contribution in [0.25, 0.3) is 28.2 Å². The summed E-state index contributed by atoms with van der Waals surface area (Å²) < 4.78 is 69.1. The molecule has 2 heterocycles. The molecule has 10 heteroatoms. The van der Waals surface area contributed by atoms with E-state index in [1.807, 2.05) is 0 Å². The number of nitrogen functional groups attached to an aromatic ring is 1. The zero-order valence-electron chi connectivity index (χ0n) is 14.4. The quantitative estimate of drug-likeness (QED) is 0.475. The molecule has 29 heavy (non-hydrogen) atoms. The number of aromatic nitrogens is 3. The van der Waals surface area contributed by atoms with Crippen LogP contribution >= 0.6 is 0 Å². The number of nitrogens with zero attached hydrogens (tertiary/aromatic N) is 3. The van der Waals surface area contributed by atoms with Gasteiger partial charge >= 0.3 is 6.18 Å². The minimum atomic E-state index is -5.00. The van der Waals surface area contributed by atoms with Crippen molar-refractivity contribution in [3.05, 3.63) is 66.0 Å². The van der Waals surface area contributed by atoms with Crippen molar-refractivity contribution >= 4 is 11.5 Å². The highest BCUT2D eigenvalue weighted by Gasteiger charge is 2.36. The van der Waals surface area contributed by atoms with Crippen molar-refractivity contribution in [3.8, 4) is 28.3 Å². The first-order valence-corrected chi connectivity index (χ1v) is 8.15. The Kier molecular flexibility index (Phi) is 4.14. The molecule has 5 nitrogen and oxygen atoms in total. The zero-order valence-corrected chi connectivity index (χ0v) is 14.4. The van der Waals surface area contributed by atoms with Crippen LogP contribution in [0.15, 0.2) is 48.8 Å². The molecule has 0 amide bonds. The van der Waals surface area contributed by atoms with Gasteiger partial charge in [0, 0.05) is 23.5 Å². The van der Waals surface area contributed by atoms with E-state index in [0.717, 1.165) is 12.1 Å². The minimum Gasteiger partial charge on any atom is -0.504 e. The fraction of sp³-hybridized carbons (Fsp3) is 0.0526. The number of hydrogen-bond acceptors (Lipinski definition) is 4. The maximum Gasteiger partial charge on any atom is 0.420 e. The number of fused-ring (bicyclic) bond motifs is 1. The third kappa shape index (κ3) is 3.12. The molecular weight excluding hydrogens is 395 g/mol. The smallest absolute Gasteiger partial charge is 0.420 e. The Morgan fingerprint density at radius 1 is 1.03 bits per heavy atom. The molecule has 2 aromatic carbocycles. The highest BCUT2D eigenvalue weighted by Crippen LogP contribution is 2.42. The van der Waals surface area contributed by atoms with Crippen LogP contribution in [0, 0.1) is 11.6 Å². The van der Waals surface area contributed by atoms with Gasteiger partial charge in [0.1, 0.15) is 11.4 Å². The van der Waals surface area contributed by atoms with Crippen molar-refractivity contribution in [1.82, 2.24) is 14.4 Å². The SMILES string of the molecule is Nc1nc(-c2cccc(F)c2)c(-c2cc(F)c(O)c(C(F)(F)F)c2)n2ccnc12. The molecule has 2 aromatic heterocycles. The summed E-state index contributed by atoms with van der Waals surface area (Å²) in [5.41, 5.74) is 4.45. The third-order valence-electron chi connectivity index (χ3n) is 4.31. The summed E-state index contributed by atoms with van der Waals surface area (Å²) in [6.07, 6.45) is -2.26. The maximum absolute atomic E-state index is 14.2. The second-order valence-electron chi connectivity index (χ2n) is 6.18. The van der Waals surface area contributed by atoms with Crippen LogP contribution in [-0.4, -0.2) is 19.5 Å². The second kappa shape index (κ2) is 6.43. The topological polar surface area (TPSA) is 76.4 Å². The fourth-order valence-electron chi connectivity index (χ4n) is 3.08. The Hall–Kier alpha value is -3.69. The van der Waals surface area contributed by atoms with Gasteiger partial charge in [0.15, 0.2) is 23.0 Å². The van der Waals surface area contributed by atoms with E-state index < -0.39 is 29.1 Å². The van der Waals surface area contributed by atoms with Gasteiger partial charge in [-0.25, -0.2) is 18.7 Å². The lowest BCUT2D eigenvalue weighted by atomic mass is 10.0. The first-order valence-electron chi connectivity index (χ1n) is 8.15. The van der Waals surface area contributed by atoms with Crippen LogP contribution < -0.4 is 5.73 Å². The molecule has 0 spiro atoms. The van der Waals surface area contributed by atoms with Gasteiger partial charge in [-0.15, -0.1) is 0 Å². The third-order valence-corrected chi connectivity index (χ3v) is 4.31. The second-order valence-corrected chi connectivity index (χ2v) is 6.18. The molecule has 0 unspecified atom stereocenters. The molecule has 4 rings (SSSR count). The maximum atomic E-state index is 14.2. The molecule has 0 radical (unpaired) electrons. The molecule has 0 atom stereocenters. The van der Waals surface area contributed by atoms with Crippen molar-refractivity contribution < 1.29 is 27.1 Å². The molecular formula is C19H11F5N4O. The van der Waals surface area contributed by atoms with Crippen LogP contribution in [0.4, 0.5) is 27.8 Å². The molecule has 4 aromatic rings. The van der Waals surface area contributed by atoms with E-state index in [4.69, 9.17) is 5.73 Å². The van der Waals surface area contributed by atoms with Crippen molar-refractivity contribution in [3.63, 3.8) is 0 Å². The zero-order chi connectivity index (χ0) is 20.9. The number of halogens is 5. The molecule has 0 saturated heterocycles. The average molecular weight is 406 g/mol. The fourth-order valence-corrected chi connectivity index (χ4v) is 3.08. The lowest BCUT2D eigenvalue weighted by molar-refractivity contribution is -0.139. The Morgan fingerprint density at radius 3 is 2.48 bits per heavy atom. The van der Waals surface area contributed by atoms with Gasteiger partial charge in [-0.3, -0.25) is 4.40 Å². The van der Waals surface area contributed by atoms with E-state index in [1.54, 1.807) is 0 Å². The van der Waals surface area contributed by atoms with E-state index >= 15 is 0 Å². The standard InChI is InChI=1S/C19H11F5N4O/c20-11-3-1-2-9(6-11)14-15(28-5-4-26-18(28)17(25)27-14)10-7-12(19(22,23)24)16(29)13(21)8-10/h1-8,29H,(H2,25,27). The van der Waals surface area contributed by atoms with E-state index in [2.05, 4.69) is 9.97 Å². The van der Waals surface area contributed by atoms with Gasteiger partial charge in [-0.2, -0.15) is 13.2 Å². The Morgan fingerprint density at radius 2 is 1.79 bits per heavy atom. The van der Waals surface area contributed by atoms with Gasteiger partial charge in [-0.05, 0) is 24.3 Å². The number of alkyl halides is 3. The summed E-state index contributed by atoms with van der Waals surface area (Å²) >= 11 is 0. The summed E-state index contributed by atoms with van der Waals surface area (Å²) in [4.78, 5) is 8.17. The van der Waals surface area contributed by atoms with Crippen LogP contribution in [-0.2, 0) is 6.18 Å². The van der Waals surface area contributed by atoms with Gasteiger partial charge in [-0.1, -0.05) is 12.1 Å². The minimum absolute atomic E-state index is 0.00157. The molecule has 148 valence electrons. The van der Waals surface area contributed by atoms with Gasteiger partial charge in [0.05, 0.1) is 11.4 Å². The summed E-state index contributed by atoms with van der Waals surface area (Å²) in [5.74, 6) is -3.63. The summed E-state index contributed by atoms with van der Waals surface area (Å²) in [6.45, 7) is 0. The highest BCUT2D eigenvalue weighted by molar-refractivity contribution is 5.83. The van der Waals surface area contributed by atoms with Crippen molar-refractivity contribution in [2.24, 2.45) is 0 Å². The number of aromatic hydroxyl groups is 1. The van der Waals surface area contributed by atoms with Crippen molar-refractivity contribution in [2.75, 3.05) is 5.73 Å². The largest absolute Gasteiger partial charge is 0.504 e. The Balaban J connectivity index is 2.11. The Bertz CT molecular complexity index is 1250. The van der Waals surface area contributed by atoms with Gasteiger partial charge in [0.2, 0.25) is 0 Å². The van der Waals surface area contributed by atoms with E-state index in [1.165, 1.54) is 35.0 Å². The number of phenols is 1. The molecule has 0 fully saturated rings. The molecule has 0 bridgehead atoms. The number of phenolic OH excluding ortho intramolecular Hbond substituents is 1. The van der Waals surface area contributed by atoms with Crippen molar-refractivity contribution in [1.29, 1.82) is 0 Å². The van der Waals surface area contributed by atoms with Gasteiger partial charge in [0.25, 0.3) is 0 Å².